The van der Waals surface area contributed by atoms with Crippen LogP contribution in [0.3, 0.4) is 0 Å². The first-order valence-electron chi connectivity index (χ1n) is 5.96. The van der Waals surface area contributed by atoms with Gasteiger partial charge in [-0.25, -0.2) is 0 Å². The molecule has 4 nitrogen and oxygen atoms in total. The first-order valence-corrected chi connectivity index (χ1v) is 5.96. The van der Waals surface area contributed by atoms with E-state index in [9.17, 15) is 9.59 Å². The van der Waals surface area contributed by atoms with E-state index in [1.54, 1.807) is 12.1 Å². The van der Waals surface area contributed by atoms with Gasteiger partial charge in [-0.15, -0.1) is 0 Å². The highest BCUT2D eigenvalue weighted by molar-refractivity contribution is 6.34. The van der Waals surface area contributed by atoms with Gasteiger partial charge in [-0.1, -0.05) is 18.2 Å². The number of carbonyl (C=O) groups excluding carboxylic acids is 2. The van der Waals surface area contributed by atoms with Crippen LogP contribution in [0.2, 0.25) is 0 Å². The lowest BCUT2D eigenvalue weighted by Crippen LogP contribution is -2.03. The second kappa shape index (κ2) is 4.24. The highest BCUT2D eigenvalue weighted by Gasteiger charge is 2.23. The predicted octanol–water partition coefficient (Wildman–Crippen LogP) is 2.63. The molecule has 0 radical (unpaired) electrons. The molecule has 1 amide bonds. The van der Waals surface area contributed by atoms with E-state index in [0.29, 0.717) is 11.3 Å². The lowest BCUT2D eigenvalue weighted by Gasteiger charge is -1.97. The molecule has 0 atom stereocenters. The molecule has 0 saturated carbocycles. The van der Waals surface area contributed by atoms with Gasteiger partial charge < -0.3 is 10.3 Å². The second-order valence-corrected chi connectivity index (χ2v) is 4.50. The molecule has 0 aliphatic carbocycles. The number of carbonyl (C=O) groups is 2. The molecule has 3 rings (SSSR count). The molecule has 1 aromatic heterocycles. The quantitative estimate of drug-likeness (QED) is 0.637. The number of aryl methyl sites for hydroxylation is 1. The summed E-state index contributed by atoms with van der Waals surface area (Å²) in [7, 11) is 0. The van der Waals surface area contributed by atoms with Crippen LogP contribution in [-0.2, 0) is 4.79 Å². The van der Waals surface area contributed by atoms with E-state index in [2.05, 4.69) is 10.3 Å². The van der Waals surface area contributed by atoms with Crippen molar-refractivity contribution in [3.63, 3.8) is 0 Å². The van der Waals surface area contributed by atoms with E-state index >= 15 is 0 Å². The van der Waals surface area contributed by atoms with Crippen molar-refractivity contribution in [3.05, 3.63) is 52.8 Å². The molecule has 2 N–H and O–H groups in total. The third-order valence-electron chi connectivity index (χ3n) is 3.20. The molecule has 19 heavy (non-hydrogen) atoms. The maximum atomic E-state index is 12.0. The van der Waals surface area contributed by atoms with E-state index in [1.807, 2.05) is 31.2 Å². The van der Waals surface area contributed by atoms with E-state index in [1.165, 1.54) is 0 Å². The van der Waals surface area contributed by atoms with E-state index in [-0.39, 0.29) is 5.91 Å². The first kappa shape index (κ1) is 11.5. The summed E-state index contributed by atoms with van der Waals surface area (Å²) >= 11 is 0. The average Bonchev–Trinajstić information content (AvgIpc) is 2.92. The number of aromatic nitrogens is 1. The fourth-order valence-electron chi connectivity index (χ4n) is 2.24. The fourth-order valence-corrected chi connectivity index (χ4v) is 2.24. The van der Waals surface area contributed by atoms with Gasteiger partial charge in [0, 0.05) is 16.9 Å². The van der Waals surface area contributed by atoms with Gasteiger partial charge in [0.25, 0.3) is 5.91 Å². The maximum Gasteiger partial charge on any atom is 0.256 e. The third kappa shape index (κ3) is 1.87. The van der Waals surface area contributed by atoms with E-state index < -0.39 is 0 Å². The van der Waals surface area contributed by atoms with Crippen molar-refractivity contribution in [3.8, 4) is 0 Å². The Morgan fingerprint density at radius 2 is 2.00 bits per heavy atom. The number of para-hydroxylation sites is 1. The molecule has 0 spiro atoms. The summed E-state index contributed by atoms with van der Waals surface area (Å²) in [4.78, 5) is 25.7. The Balaban J connectivity index is 2.11. The summed E-state index contributed by atoms with van der Waals surface area (Å²) in [6, 6.07) is 9.31. The van der Waals surface area contributed by atoms with Gasteiger partial charge >= 0.3 is 0 Å². The summed E-state index contributed by atoms with van der Waals surface area (Å²) in [5.41, 5.74) is 4.54. The van der Waals surface area contributed by atoms with Gasteiger partial charge in [-0.2, -0.15) is 0 Å². The monoisotopic (exact) mass is 252 g/mol. The zero-order chi connectivity index (χ0) is 13.4. The van der Waals surface area contributed by atoms with Gasteiger partial charge in [-0.3, -0.25) is 9.59 Å². The molecule has 0 unspecified atom stereocenters. The Hall–Kier alpha value is -2.62. The summed E-state index contributed by atoms with van der Waals surface area (Å²) in [5, 5.41) is 2.82. The number of aromatic amines is 1. The van der Waals surface area contributed by atoms with Crippen molar-refractivity contribution in [2.45, 2.75) is 6.92 Å². The molecule has 0 bridgehead atoms. The molecule has 1 aliphatic rings. The first-order chi connectivity index (χ1) is 9.19. The van der Waals surface area contributed by atoms with Crippen molar-refractivity contribution in [1.82, 2.24) is 4.98 Å². The molecule has 2 heterocycles. The number of benzene rings is 1. The van der Waals surface area contributed by atoms with Gasteiger partial charge in [0.2, 0.25) is 0 Å². The van der Waals surface area contributed by atoms with Crippen LogP contribution in [0.15, 0.2) is 30.3 Å². The van der Waals surface area contributed by atoms with Crippen LogP contribution in [0.4, 0.5) is 5.69 Å². The SMILES string of the molecule is Cc1cc(C=O)[nH]c1C=C1C(=O)Nc2ccccc21. The number of hydrogen-bond acceptors (Lipinski definition) is 2. The lowest BCUT2D eigenvalue weighted by molar-refractivity contribution is -0.110. The molecule has 94 valence electrons. The number of aldehydes is 1. The number of anilines is 1. The van der Waals surface area contributed by atoms with E-state index in [0.717, 1.165) is 28.8 Å². The highest BCUT2D eigenvalue weighted by Crippen LogP contribution is 2.32. The van der Waals surface area contributed by atoms with Gasteiger partial charge in [0.15, 0.2) is 6.29 Å². The van der Waals surface area contributed by atoms with Crippen LogP contribution in [0.1, 0.15) is 27.3 Å². The standard InChI is InChI=1S/C15H12N2O2/c1-9-6-10(8-18)16-14(9)7-12-11-4-2-3-5-13(11)17-15(12)19/h2-8,16H,1H3,(H,17,19). The largest absolute Gasteiger partial charge is 0.353 e. The number of fused-ring (bicyclic) bond motifs is 1. The molecule has 1 aromatic carbocycles. The topological polar surface area (TPSA) is 62.0 Å². The Morgan fingerprint density at radius 1 is 1.21 bits per heavy atom. The van der Waals surface area contributed by atoms with Gasteiger partial charge in [0.1, 0.15) is 0 Å². The predicted molar refractivity (Wildman–Crippen MR) is 73.9 cm³/mol. The van der Waals surface area contributed by atoms with Crippen LogP contribution in [-0.4, -0.2) is 17.2 Å². The number of hydrogen-bond donors (Lipinski definition) is 2. The van der Waals surface area contributed by atoms with Crippen LogP contribution in [0.25, 0.3) is 11.6 Å². The van der Waals surface area contributed by atoms with E-state index in [4.69, 9.17) is 0 Å². The van der Waals surface area contributed by atoms with Gasteiger partial charge in [0.05, 0.1) is 11.3 Å². The van der Waals surface area contributed by atoms with Crippen molar-refractivity contribution < 1.29 is 9.59 Å². The fraction of sp³-hybridized carbons (Fsp3) is 0.0667. The van der Waals surface area contributed by atoms with Crippen molar-refractivity contribution in [2.24, 2.45) is 0 Å². The summed E-state index contributed by atoms with van der Waals surface area (Å²) in [6.45, 7) is 1.90. The number of nitrogens with one attached hydrogen (secondary N) is 2. The van der Waals surface area contributed by atoms with Crippen molar-refractivity contribution in [1.29, 1.82) is 0 Å². The van der Waals surface area contributed by atoms with Crippen LogP contribution < -0.4 is 5.32 Å². The average molecular weight is 252 g/mol. The maximum absolute atomic E-state index is 12.0. The Morgan fingerprint density at radius 3 is 2.74 bits per heavy atom. The molecule has 4 heteroatoms. The molecular formula is C15H12N2O2. The molecular weight excluding hydrogens is 240 g/mol. The zero-order valence-electron chi connectivity index (χ0n) is 10.4. The number of rotatable bonds is 2. The molecule has 1 aliphatic heterocycles. The summed E-state index contributed by atoms with van der Waals surface area (Å²) < 4.78 is 0. The summed E-state index contributed by atoms with van der Waals surface area (Å²) in [5.74, 6) is -0.122. The van der Waals surface area contributed by atoms with Crippen molar-refractivity contribution in [2.75, 3.05) is 5.32 Å². The second-order valence-electron chi connectivity index (χ2n) is 4.50. The van der Waals surface area contributed by atoms with Crippen molar-refractivity contribution >= 4 is 29.5 Å². The molecule has 2 aromatic rings. The third-order valence-corrected chi connectivity index (χ3v) is 3.20. The lowest BCUT2D eigenvalue weighted by atomic mass is 10.1. The number of H-pyrrole nitrogens is 1. The van der Waals surface area contributed by atoms with Crippen LogP contribution >= 0.6 is 0 Å². The summed E-state index contributed by atoms with van der Waals surface area (Å²) in [6.07, 6.45) is 2.54. The normalized spacial score (nSPS) is 15.4. The minimum absolute atomic E-state index is 0.122. The smallest absolute Gasteiger partial charge is 0.256 e. The Bertz CT molecular complexity index is 711. The Labute approximate surface area is 110 Å². The Kier molecular flexibility index (Phi) is 2.56. The number of amides is 1. The highest BCUT2D eigenvalue weighted by atomic mass is 16.2. The molecule has 0 saturated heterocycles. The zero-order valence-corrected chi connectivity index (χ0v) is 10.4. The minimum atomic E-state index is -0.122. The minimum Gasteiger partial charge on any atom is -0.353 e. The van der Waals surface area contributed by atoms with Gasteiger partial charge in [-0.05, 0) is 30.7 Å². The molecule has 0 fully saturated rings. The van der Waals surface area contributed by atoms with Crippen LogP contribution in [0, 0.1) is 6.92 Å². The van der Waals surface area contributed by atoms with Crippen LogP contribution in [0.5, 0.6) is 0 Å².